The lowest BCUT2D eigenvalue weighted by Crippen LogP contribution is -2.37. The monoisotopic (exact) mass is 527 g/mol. The van der Waals surface area contributed by atoms with Crippen LogP contribution in [0.3, 0.4) is 0 Å². The normalized spacial score (nSPS) is 14.4. The first kappa shape index (κ1) is 25.2. The van der Waals surface area contributed by atoms with Crippen LogP contribution >= 0.6 is 0 Å². The van der Waals surface area contributed by atoms with Crippen LogP contribution in [0.25, 0.3) is 5.65 Å². The minimum Gasteiger partial charge on any atom is -0.478 e. The highest BCUT2D eigenvalue weighted by atomic mass is 19.4. The number of alkyl halides is 3. The average Bonchev–Trinajstić information content (AvgIpc) is 3.30. The molecule has 38 heavy (non-hydrogen) atoms. The fraction of sp³-hybridized carbons (Fsp3) is 0.320. The van der Waals surface area contributed by atoms with Gasteiger partial charge in [-0.2, -0.15) is 13.2 Å². The molecule has 1 aromatic carbocycles. The number of hydrogen-bond donors (Lipinski definition) is 2. The summed E-state index contributed by atoms with van der Waals surface area (Å²) in [5.74, 6) is -1.64. The lowest BCUT2D eigenvalue weighted by molar-refractivity contribution is -0.147. The van der Waals surface area contributed by atoms with Crippen molar-refractivity contribution in [2.75, 3.05) is 16.8 Å². The predicted molar refractivity (Wildman–Crippen MR) is 132 cm³/mol. The van der Waals surface area contributed by atoms with E-state index in [1.165, 1.54) is 10.5 Å². The van der Waals surface area contributed by atoms with Gasteiger partial charge >= 0.3 is 12.1 Å². The van der Waals surface area contributed by atoms with E-state index >= 15 is 0 Å². The molecule has 4 aromatic rings. The molecule has 1 aliphatic rings. The second kappa shape index (κ2) is 9.15. The Morgan fingerprint density at radius 2 is 1.89 bits per heavy atom. The van der Waals surface area contributed by atoms with Gasteiger partial charge in [0.25, 0.3) is 5.56 Å². The lowest BCUT2D eigenvalue weighted by Gasteiger charge is -2.30. The molecule has 0 radical (unpaired) electrons. The number of aromatic carboxylic acids is 1. The molecule has 0 fully saturated rings. The standard InChI is InChI=1S/C25H24F3N7O3/c1-13-10-17(15(3)29-18-7-5-4-6-16(18)23(37)38)21-30-20(14(2)22(36)35(21)11-13)33-8-9-34-19(12-33)31-32-24(34)25(26,27)28/h4-7,10-11,15,29H,8-9,12H2,1-3H3,(H,37,38). The third-order valence-electron chi connectivity index (χ3n) is 6.59. The van der Waals surface area contributed by atoms with Gasteiger partial charge in [0.2, 0.25) is 5.82 Å². The fourth-order valence-corrected chi connectivity index (χ4v) is 4.77. The van der Waals surface area contributed by atoms with E-state index in [-0.39, 0.29) is 36.6 Å². The number of halogens is 3. The Hall–Kier alpha value is -4.42. The number of hydrogen-bond acceptors (Lipinski definition) is 7. The second-order valence-electron chi connectivity index (χ2n) is 9.26. The van der Waals surface area contributed by atoms with Crippen LogP contribution < -0.4 is 15.8 Å². The summed E-state index contributed by atoms with van der Waals surface area (Å²) in [6.45, 7) is 5.48. The van der Waals surface area contributed by atoms with Gasteiger partial charge in [0.05, 0.1) is 23.7 Å². The zero-order valence-corrected chi connectivity index (χ0v) is 20.7. The van der Waals surface area contributed by atoms with E-state index < -0.39 is 24.0 Å². The Kier molecular flexibility index (Phi) is 6.08. The number of nitrogens with one attached hydrogen (secondary N) is 1. The summed E-state index contributed by atoms with van der Waals surface area (Å²) in [6.07, 6.45) is -2.94. The van der Waals surface area contributed by atoms with Crippen LogP contribution in [0.4, 0.5) is 24.7 Å². The van der Waals surface area contributed by atoms with Gasteiger partial charge < -0.3 is 19.9 Å². The Morgan fingerprint density at radius 3 is 2.61 bits per heavy atom. The molecule has 0 saturated carbocycles. The first-order valence-electron chi connectivity index (χ1n) is 11.8. The molecule has 0 bridgehead atoms. The number of nitrogens with zero attached hydrogens (tertiary/aromatic N) is 6. The number of pyridine rings is 1. The number of rotatable bonds is 5. The molecule has 10 nitrogen and oxygen atoms in total. The SMILES string of the molecule is Cc1cc(C(C)Nc2ccccc2C(=O)O)c2nc(N3CCn4c(nnc4C(F)(F)F)C3)c(C)c(=O)n2c1. The highest BCUT2D eigenvalue weighted by Crippen LogP contribution is 2.31. The molecular weight excluding hydrogens is 503 g/mol. The van der Waals surface area contributed by atoms with E-state index in [2.05, 4.69) is 15.5 Å². The van der Waals surface area contributed by atoms with Crippen LogP contribution in [-0.4, -0.2) is 41.8 Å². The van der Waals surface area contributed by atoms with Crippen LogP contribution in [0.2, 0.25) is 0 Å². The first-order chi connectivity index (χ1) is 18.0. The van der Waals surface area contributed by atoms with Gasteiger partial charge in [-0.25, -0.2) is 9.78 Å². The smallest absolute Gasteiger partial charge is 0.451 e. The third kappa shape index (κ3) is 4.33. The summed E-state index contributed by atoms with van der Waals surface area (Å²) >= 11 is 0. The molecule has 0 spiro atoms. The molecule has 1 aliphatic heterocycles. The van der Waals surface area contributed by atoms with Gasteiger partial charge in [0, 0.05) is 30.5 Å². The summed E-state index contributed by atoms with van der Waals surface area (Å²) in [5, 5.41) is 19.8. The number of fused-ring (bicyclic) bond motifs is 2. The van der Waals surface area contributed by atoms with E-state index in [0.717, 1.165) is 10.1 Å². The number of carboxylic acid groups (broad SMARTS) is 1. The molecule has 5 rings (SSSR count). The van der Waals surface area contributed by atoms with Crippen LogP contribution in [0.5, 0.6) is 0 Å². The quantitative estimate of drug-likeness (QED) is 0.402. The Labute approximate surface area is 214 Å². The number of anilines is 2. The van der Waals surface area contributed by atoms with E-state index in [1.54, 1.807) is 36.2 Å². The minimum atomic E-state index is -4.61. The Bertz CT molecular complexity index is 1630. The van der Waals surface area contributed by atoms with Crippen molar-refractivity contribution in [3.8, 4) is 0 Å². The summed E-state index contributed by atoms with van der Waals surface area (Å²) in [4.78, 5) is 31.6. The molecule has 13 heteroatoms. The highest BCUT2D eigenvalue weighted by Gasteiger charge is 2.39. The maximum absolute atomic E-state index is 13.4. The molecule has 4 heterocycles. The van der Waals surface area contributed by atoms with Crippen LogP contribution in [0.1, 0.15) is 51.7 Å². The molecule has 0 saturated heterocycles. The van der Waals surface area contributed by atoms with Crippen molar-refractivity contribution in [1.82, 2.24) is 24.1 Å². The third-order valence-corrected chi connectivity index (χ3v) is 6.59. The molecule has 198 valence electrons. The van der Waals surface area contributed by atoms with Gasteiger partial charge in [-0.15, -0.1) is 10.2 Å². The van der Waals surface area contributed by atoms with Crippen LogP contribution in [0, 0.1) is 13.8 Å². The van der Waals surface area contributed by atoms with E-state index in [0.29, 0.717) is 28.3 Å². The van der Waals surface area contributed by atoms with Gasteiger partial charge in [0.1, 0.15) is 11.5 Å². The van der Waals surface area contributed by atoms with Crippen molar-refractivity contribution in [2.24, 2.45) is 0 Å². The number of carbonyl (C=O) groups is 1. The van der Waals surface area contributed by atoms with Gasteiger partial charge in [-0.3, -0.25) is 9.20 Å². The molecule has 3 aromatic heterocycles. The van der Waals surface area contributed by atoms with E-state index in [4.69, 9.17) is 4.98 Å². The summed E-state index contributed by atoms with van der Waals surface area (Å²) in [5.41, 5.74) is 2.37. The fourth-order valence-electron chi connectivity index (χ4n) is 4.77. The summed E-state index contributed by atoms with van der Waals surface area (Å²) < 4.78 is 42.3. The minimum absolute atomic E-state index is 0.00746. The van der Waals surface area contributed by atoms with Gasteiger partial charge in [-0.05, 0) is 44.5 Å². The van der Waals surface area contributed by atoms with E-state index in [9.17, 15) is 27.9 Å². The van der Waals surface area contributed by atoms with Crippen molar-refractivity contribution in [3.05, 3.63) is 80.8 Å². The predicted octanol–water partition coefficient (Wildman–Crippen LogP) is 3.81. The van der Waals surface area contributed by atoms with Crippen LogP contribution in [-0.2, 0) is 19.3 Å². The molecular formula is C25H24F3N7O3. The number of carboxylic acids is 1. The molecule has 0 amide bonds. The Balaban J connectivity index is 1.57. The van der Waals surface area contributed by atoms with Gasteiger partial charge in [0.15, 0.2) is 5.82 Å². The second-order valence-corrected chi connectivity index (χ2v) is 9.26. The van der Waals surface area contributed by atoms with Gasteiger partial charge in [-0.1, -0.05) is 12.1 Å². The number of aromatic nitrogens is 5. The van der Waals surface area contributed by atoms with Crippen molar-refractivity contribution in [2.45, 2.75) is 46.1 Å². The molecule has 2 N–H and O–H groups in total. The van der Waals surface area contributed by atoms with Crippen LogP contribution in [0.15, 0.2) is 41.3 Å². The average molecular weight is 528 g/mol. The molecule has 1 atom stereocenters. The maximum atomic E-state index is 13.4. The summed E-state index contributed by atoms with van der Waals surface area (Å²) in [6, 6.07) is 7.94. The van der Waals surface area contributed by atoms with Crippen molar-refractivity contribution < 1.29 is 23.1 Å². The van der Waals surface area contributed by atoms with Crippen molar-refractivity contribution in [1.29, 1.82) is 0 Å². The topological polar surface area (TPSA) is 118 Å². The zero-order valence-electron chi connectivity index (χ0n) is 20.7. The van der Waals surface area contributed by atoms with E-state index in [1.807, 2.05) is 19.9 Å². The van der Waals surface area contributed by atoms with Crippen molar-refractivity contribution >= 4 is 23.1 Å². The zero-order chi connectivity index (χ0) is 27.4. The number of aryl methyl sites for hydroxylation is 1. The largest absolute Gasteiger partial charge is 0.478 e. The van der Waals surface area contributed by atoms with Crippen molar-refractivity contribution in [3.63, 3.8) is 0 Å². The number of benzene rings is 1. The first-order valence-corrected chi connectivity index (χ1v) is 11.8. The summed E-state index contributed by atoms with van der Waals surface area (Å²) in [7, 11) is 0. The lowest BCUT2D eigenvalue weighted by atomic mass is 10.1. The molecule has 0 aliphatic carbocycles. The number of para-hydroxylation sites is 1. The molecule has 1 unspecified atom stereocenters. The maximum Gasteiger partial charge on any atom is 0.451 e. The Morgan fingerprint density at radius 1 is 1.16 bits per heavy atom. The highest BCUT2D eigenvalue weighted by molar-refractivity contribution is 5.94.